The van der Waals surface area contributed by atoms with E-state index in [2.05, 4.69) is 15.6 Å². The maximum atomic E-state index is 11.4. The van der Waals surface area contributed by atoms with E-state index in [1.54, 1.807) is 6.20 Å². The molecule has 0 saturated heterocycles. The van der Waals surface area contributed by atoms with Crippen molar-refractivity contribution in [1.82, 2.24) is 15.6 Å². The summed E-state index contributed by atoms with van der Waals surface area (Å²) < 4.78 is 0. The van der Waals surface area contributed by atoms with Gasteiger partial charge in [0.1, 0.15) is 0 Å². The Morgan fingerprint density at radius 3 is 2.57 bits per heavy atom. The highest BCUT2D eigenvalue weighted by atomic mass is 16.4. The van der Waals surface area contributed by atoms with E-state index in [0.29, 0.717) is 25.8 Å². The van der Waals surface area contributed by atoms with Crippen LogP contribution in [0.3, 0.4) is 0 Å². The van der Waals surface area contributed by atoms with E-state index < -0.39 is 17.9 Å². The van der Waals surface area contributed by atoms with E-state index in [-0.39, 0.29) is 12.8 Å². The molecule has 0 atom stereocenters. The number of nitrogens with zero attached hydrogens (tertiary/aromatic N) is 1. The highest BCUT2D eigenvalue weighted by Gasteiger charge is 2.07. The van der Waals surface area contributed by atoms with Crippen molar-refractivity contribution in [2.45, 2.75) is 32.1 Å². The van der Waals surface area contributed by atoms with Crippen molar-refractivity contribution in [1.29, 1.82) is 0 Å². The number of imide groups is 1. The number of carboxylic acid groups (broad SMARTS) is 1. The first kappa shape index (κ1) is 16.6. The minimum atomic E-state index is -0.886. The number of carboxylic acids is 1. The van der Waals surface area contributed by atoms with Crippen molar-refractivity contribution < 1.29 is 19.5 Å². The smallest absolute Gasteiger partial charge is 0.321 e. The third-order valence-corrected chi connectivity index (χ3v) is 2.69. The van der Waals surface area contributed by atoms with Crippen LogP contribution in [0.1, 0.15) is 31.4 Å². The standard InChI is InChI=1S/C14H19N3O4/c18-12(6-1-2-7-13(19)20)17-14(21)16-10-8-11-5-3-4-9-15-11/h3-5,9H,1-2,6-8,10H2,(H,19,20)(H2,16,17,18,21). The Morgan fingerprint density at radius 2 is 1.90 bits per heavy atom. The summed E-state index contributed by atoms with van der Waals surface area (Å²) >= 11 is 0. The number of urea groups is 1. The second kappa shape index (κ2) is 9.46. The first-order valence-corrected chi connectivity index (χ1v) is 6.77. The molecule has 1 heterocycles. The molecule has 7 nitrogen and oxygen atoms in total. The SMILES string of the molecule is O=C(O)CCCCC(=O)NC(=O)NCCc1ccccn1. The number of hydrogen-bond acceptors (Lipinski definition) is 4. The largest absolute Gasteiger partial charge is 0.481 e. The zero-order chi connectivity index (χ0) is 15.5. The summed E-state index contributed by atoms with van der Waals surface area (Å²) in [5, 5.41) is 13.2. The van der Waals surface area contributed by atoms with Gasteiger partial charge in [-0.1, -0.05) is 6.07 Å². The Bertz CT molecular complexity index is 476. The van der Waals surface area contributed by atoms with Crippen molar-refractivity contribution in [3.05, 3.63) is 30.1 Å². The molecular weight excluding hydrogens is 274 g/mol. The van der Waals surface area contributed by atoms with Gasteiger partial charge in [-0.2, -0.15) is 0 Å². The number of aliphatic carboxylic acids is 1. The molecule has 7 heteroatoms. The number of hydrogen-bond donors (Lipinski definition) is 3. The minimum Gasteiger partial charge on any atom is -0.481 e. The second-order valence-electron chi connectivity index (χ2n) is 4.48. The van der Waals surface area contributed by atoms with E-state index in [1.807, 2.05) is 18.2 Å². The molecule has 0 saturated carbocycles. The molecule has 1 rings (SSSR count). The number of aromatic nitrogens is 1. The van der Waals surface area contributed by atoms with E-state index in [4.69, 9.17) is 5.11 Å². The first-order valence-electron chi connectivity index (χ1n) is 6.77. The zero-order valence-electron chi connectivity index (χ0n) is 11.7. The summed E-state index contributed by atoms with van der Waals surface area (Å²) in [5.41, 5.74) is 0.859. The molecule has 1 aromatic heterocycles. The number of carbonyl (C=O) groups excluding carboxylic acids is 2. The predicted octanol–water partition coefficient (Wildman–Crippen LogP) is 1.09. The van der Waals surface area contributed by atoms with Crippen molar-refractivity contribution >= 4 is 17.9 Å². The molecule has 0 spiro atoms. The van der Waals surface area contributed by atoms with Crippen LogP contribution >= 0.6 is 0 Å². The molecule has 0 aromatic carbocycles. The molecule has 0 fully saturated rings. The Labute approximate surface area is 122 Å². The molecule has 21 heavy (non-hydrogen) atoms. The van der Waals surface area contributed by atoms with Gasteiger partial charge in [-0.05, 0) is 25.0 Å². The third-order valence-electron chi connectivity index (χ3n) is 2.69. The molecular formula is C14H19N3O4. The summed E-state index contributed by atoms with van der Waals surface area (Å²) in [7, 11) is 0. The average Bonchev–Trinajstić information content (AvgIpc) is 2.44. The number of nitrogens with one attached hydrogen (secondary N) is 2. The Hall–Kier alpha value is -2.44. The summed E-state index contributed by atoms with van der Waals surface area (Å²) in [4.78, 5) is 37.2. The number of unbranched alkanes of at least 4 members (excludes halogenated alkanes) is 1. The van der Waals surface area contributed by atoms with Gasteiger partial charge in [0.15, 0.2) is 0 Å². The van der Waals surface area contributed by atoms with Crippen molar-refractivity contribution in [2.24, 2.45) is 0 Å². The van der Waals surface area contributed by atoms with Gasteiger partial charge in [-0.3, -0.25) is 19.9 Å². The minimum absolute atomic E-state index is 0.0313. The number of carbonyl (C=O) groups is 3. The van der Waals surface area contributed by atoms with Crippen LogP contribution in [-0.4, -0.2) is 34.5 Å². The molecule has 0 radical (unpaired) electrons. The van der Waals surface area contributed by atoms with Crippen LogP contribution in [0.2, 0.25) is 0 Å². The van der Waals surface area contributed by atoms with Gasteiger partial charge in [-0.15, -0.1) is 0 Å². The van der Waals surface area contributed by atoms with Crippen LogP contribution in [0.25, 0.3) is 0 Å². The Kier molecular flexibility index (Phi) is 7.49. The monoisotopic (exact) mass is 293 g/mol. The maximum Gasteiger partial charge on any atom is 0.321 e. The lowest BCUT2D eigenvalue weighted by Gasteiger charge is -2.06. The molecule has 0 aliphatic carbocycles. The normalized spacial score (nSPS) is 9.90. The van der Waals surface area contributed by atoms with E-state index >= 15 is 0 Å². The molecule has 1 aromatic rings. The summed E-state index contributed by atoms with van der Waals surface area (Å²) in [6, 6.07) is 4.98. The predicted molar refractivity (Wildman–Crippen MR) is 75.6 cm³/mol. The molecule has 0 bridgehead atoms. The van der Waals surface area contributed by atoms with E-state index in [9.17, 15) is 14.4 Å². The van der Waals surface area contributed by atoms with Gasteiger partial charge < -0.3 is 10.4 Å². The molecule has 114 valence electrons. The van der Waals surface area contributed by atoms with Crippen LogP contribution in [0.5, 0.6) is 0 Å². The fourth-order valence-corrected chi connectivity index (χ4v) is 1.65. The first-order chi connectivity index (χ1) is 10.1. The molecule has 3 N–H and O–H groups in total. The van der Waals surface area contributed by atoms with Gasteiger partial charge in [0.25, 0.3) is 0 Å². The lowest BCUT2D eigenvalue weighted by Crippen LogP contribution is -2.40. The van der Waals surface area contributed by atoms with Crippen molar-refractivity contribution in [3.63, 3.8) is 0 Å². The number of amides is 3. The molecule has 0 aliphatic rings. The zero-order valence-corrected chi connectivity index (χ0v) is 11.7. The summed E-state index contributed by atoms with van der Waals surface area (Å²) in [6.07, 6.45) is 3.30. The van der Waals surface area contributed by atoms with E-state index in [1.165, 1.54) is 0 Å². The van der Waals surface area contributed by atoms with Crippen LogP contribution < -0.4 is 10.6 Å². The topological polar surface area (TPSA) is 108 Å². The Balaban J connectivity index is 2.10. The highest BCUT2D eigenvalue weighted by Crippen LogP contribution is 1.99. The quantitative estimate of drug-likeness (QED) is 0.622. The van der Waals surface area contributed by atoms with Crippen LogP contribution in [-0.2, 0) is 16.0 Å². The fourth-order valence-electron chi connectivity index (χ4n) is 1.65. The van der Waals surface area contributed by atoms with Crippen molar-refractivity contribution in [2.75, 3.05) is 6.54 Å². The second-order valence-corrected chi connectivity index (χ2v) is 4.48. The maximum absolute atomic E-state index is 11.4. The summed E-state index contributed by atoms with van der Waals surface area (Å²) in [5.74, 6) is -1.29. The fraction of sp³-hybridized carbons (Fsp3) is 0.429. The van der Waals surface area contributed by atoms with Crippen LogP contribution in [0, 0.1) is 0 Å². The number of rotatable bonds is 8. The molecule has 0 aliphatic heterocycles. The molecule has 0 unspecified atom stereocenters. The van der Waals surface area contributed by atoms with Gasteiger partial charge >= 0.3 is 12.0 Å². The van der Waals surface area contributed by atoms with Crippen molar-refractivity contribution in [3.8, 4) is 0 Å². The van der Waals surface area contributed by atoms with Crippen LogP contribution in [0.15, 0.2) is 24.4 Å². The third kappa shape index (κ3) is 8.35. The number of pyridine rings is 1. The van der Waals surface area contributed by atoms with Gasteiger partial charge in [-0.25, -0.2) is 4.79 Å². The average molecular weight is 293 g/mol. The summed E-state index contributed by atoms with van der Waals surface area (Å²) in [6.45, 7) is 0.384. The highest BCUT2D eigenvalue weighted by molar-refractivity contribution is 5.94. The lowest BCUT2D eigenvalue weighted by atomic mass is 10.2. The van der Waals surface area contributed by atoms with Gasteiger partial charge in [0.2, 0.25) is 5.91 Å². The lowest BCUT2D eigenvalue weighted by molar-refractivity contribution is -0.137. The van der Waals surface area contributed by atoms with Gasteiger partial charge in [0.05, 0.1) is 0 Å². The van der Waals surface area contributed by atoms with Crippen LogP contribution in [0.4, 0.5) is 4.79 Å². The van der Waals surface area contributed by atoms with E-state index in [0.717, 1.165) is 5.69 Å². The Morgan fingerprint density at radius 1 is 1.14 bits per heavy atom. The molecule has 3 amide bonds. The van der Waals surface area contributed by atoms with Gasteiger partial charge in [0, 0.05) is 37.7 Å².